The van der Waals surface area contributed by atoms with Gasteiger partial charge >= 0.3 is 5.97 Å². The molecule has 21 heavy (non-hydrogen) atoms. The second-order valence-electron chi connectivity index (χ2n) is 6.21. The van der Waals surface area contributed by atoms with Crippen LogP contribution in [0.15, 0.2) is 0 Å². The van der Waals surface area contributed by atoms with E-state index in [-0.39, 0.29) is 35.9 Å². The first-order chi connectivity index (χ1) is 9.93. The van der Waals surface area contributed by atoms with Gasteiger partial charge < -0.3 is 10.4 Å². The van der Waals surface area contributed by atoms with Crippen molar-refractivity contribution >= 4 is 17.5 Å². The quantitative estimate of drug-likeness (QED) is 0.477. The van der Waals surface area contributed by atoms with Crippen molar-refractivity contribution < 1.29 is 19.5 Å². The molecule has 0 radical (unpaired) electrons. The van der Waals surface area contributed by atoms with Crippen molar-refractivity contribution in [3.05, 3.63) is 0 Å². The fourth-order valence-electron chi connectivity index (χ4n) is 2.85. The molecule has 1 unspecified atom stereocenters. The van der Waals surface area contributed by atoms with E-state index in [0.29, 0.717) is 6.42 Å². The highest BCUT2D eigenvalue weighted by molar-refractivity contribution is 6.39. The summed E-state index contributed by atoms with van der Waals surface area (Å²) in [4.78, 5) is 34.3. The van der Waals surface area contributed by atoms with E-state index >= 15 is 0 Å². The van der Waals surface area contributed by atoms with Gasteiger partial charge in [-0.25, -0.2) is 0 Å². The minimum Gasteiger partial charge on any atom is -0.481 e. The number of carboxylic acids is 1. The number of hydrogen-bond acceptors (Lipinski definition) is 4. The summed E-state index contributed by atoms with van der Waals surface area (Å²) >= 11 is 0. The number of rotatable bonds is 10. The maximum absolute atomic E-state index is 12.1. The van der Waals surface area contributed by atoms with Gasteiger partial charge in [-0.1, -0.05) is 33.1 Å². The van der Waals surface area contributed by atoms with Crippen molar-refractivity contribution in [3.8, 4) is 0 Å². The zero-order valence-electron chi connectivity index (χ0n) is 13.1. The molecule has 1 rings (SSSR count). The first-order valence-corrected chi connectivity index (χ1v) is 7.96. The smallest absolute Gasteiger partial charge is 0.303 e. The van der Waals surface area contributed by atoms with Gasteiger partial charge in [0, 0.05) is 12.3 Å². The maximum Gasteiger partial charge on any atom is 0.303 e. The lowest BCUT2D eigenvalue weighted by molar-refractivity contribution is -0.139. The van der Waals surface area contributed by atoms with E-state index in [1.807, 2.05) is 0 Å². The summed E-state index contributed by atoms with van der Waals surface area (Å²) in [5.74, 6) is -1.27. The lowest BCUT2D eigenvalue weighted by Gasteiger charge is -2.18. The van der Waals surface area contributed by atoms with Gasteiger partial charge in [0.25, 0.3) is 0 Å². The third-order valence-electron chi connectivity index (χ3n) is 4.12. The van der Waals surface area contributed by atoms with E-state index in [1.165, 1.54) is 0 Å². The van der Waals surface area contributed by atoms with E-state index in [2.05, 4.69) is 5.32 Å². The van der Waals surface area contributed by atoms with E-state index in [4.69, 9.17) is 5.11 Å². The van der Waals surface area contributed by atoms with Crippen LogP contribution in [-0.4, -0.2) is 35.2 Å². The first kappa shape index (κ1) is 17.8. The zero-order valence-corrected chi connectivity index (χ0v) is 13.1. The second kappa shape index (κ2) is 8.93. The lowest BCUT2D eigenvalue weighted by Crippen LogP contribution is -2.41. The van der Waals surface area contributed by atoms with E-state index < -0.39 is 5.97 Å². The summed E-state index contributed by atoms with van der Waals surface area (Å²) in [5.41, 5.74) is 0. The predicted molar refractivity (Wildman–Crippen MR) is 80.1 cm³/mol. The molecule has 0 amide bonds. The molecule has 2 N–H and O–H groups in total. The van der Waals surface area contributed by atoms with Gasteiger partial charge in [0.2, 0.25) is 11.6 Å². The minimum atomic E-state index is -0.743. The minimum absolute atomic E-state index is 0.231. The van der Waals surface area contributed by atoms with Gasteiger partial charge in [0.15, 0.2) is 0 Å². The van der Waals surface area contributed by atoms with Crippen LogP contribution in [0.4, 0.5) is 0 Å². The van der Waals surface area contributed by atoms with Crippen molar-refractivity contribution in [2.45, 2.75) is 64.8 Å². The fourth-order valence-corrected chi connectivity index (χ4v) is 2.85. The molecule has 1 aliphatic rings. The first-order valence-electron chi connectivity index (χ1n) is 7.96. The third kappa shape index (κ3) is 5.96. The number of carboxylic acid groups (broad SMARTS) is 1. The SMILES string of the molecule is CC(C)C(=O)C(=O)C1NCC[C@@H]1CCCCCCC(=O)O. The lowest BCUT2D eigenvalue weighted by atomic mass is 9.88. The predicted octanol–water partition coefficient (Wildman–Crippen LogP) is 2.18. The number of carbonyl (C=O) groups is 3. The van der Waals surface area contributed by atoms with Crippen molar-refractivity contribution in [3.63, 3.8) is 0 Å². The highest BCUT2D eigenvalue weighted by Gasteiger charge is 2.35. The molecule has 0 aromatic rings. The summed E-state index contributed by atoms with van der Waals surface area (Å²) in [6.07, 6.45) is 5.71. The maximum atomic E-state index is 12.1. The van der Waals surface area contributed by atoms with Crippen LogP contribution >= 0.6 is 0 Å². The molecule has 0 spiro atoms. The number of hydrogen-bond donors (Lipinski definition) is 2. The van der Waals surface area contributed by atoms with Crippen LogP contribution in [0.5, 0.6) is 0 Å². The van der Waals surface area contributed by atoms with Crippen molar-refractivity contribution in [2.24, 2.45) is 11.8 Å². The highest BCUT2D eigenvalue weighted by atomic mass is 16.4. The second-order valence-corrected chi connectivity index (χ2v) is 6.21. The summed E-state index contributed by atoms with van der Waals surface area (Å²) < 4.78 is 0. The molecule has 0 bridgehead atoms. The van der Waals surface area contributed by atoms with Crippen LogP contribution in [0.3, 0.4) is 0 Å². The molecule has 120 valence electrons. The molecule has 0 saturated carbocycles. The van der Waals surface area contributed by atoms with Crippen LogP contribution in [0.2, 0.25) is 0 Å². The summed E-state index contributed by atoms with van der Waals surface area (Å²) in [5, 5.41) is 11.7. The van der Waals surface area contributed by atoms with Gasteiger partial charge in [-0.2, -0.15) is 0 Å². The van der Waals surface area contributed by atoms with Crippen LogP contribution in [-0.2, 0) is 14.4 Å². The topological polar surface area (TPSA) is 83.5 Å². The Morgan fingerprint density at radius 1 is 1.14 bits per heavy atom. The average Bonchev–Trinajstić information content (AvgIpc) is 2.88. The van der Waals surface area contributed by atoms with Crippen molar-refractivity contribution in [1.29, 1.82) is 0 Å². The molecule has 1 heterocycles. The number of unbranched alkanes of at least 4 members (excludes halogenated alkanes) is 3. The molecule has 1 saturated heterocycles. The van der Waals surface area contributed by atoms with Crippen LogP contribution < -0.4 is 5.32 Å². The third-order valence-corrected chi connectivity index (χ3v) is 4.12. The van der Waals surface area contributed by atoms with Crippen molar-refractivity contribution in [2.75, 3.05) is 6.54 Å². The number of Topliss-reactive ketones (excluding diaryl/α,β-unsaturated/α-hetero) is 2. The normalized spacial score (nSPS) is 21.7. The average molecular weight is 297 g/mol. The number of carbonyl (C=O) groups excluding carboxylic acids is 2. The van der Waals surface area contributed by atoms with Gasteiger partial charge in [0.05, 0.1) is 6.04 Å². The Bertz CT molecular complexity index is 378. The van der Waals surface area contributed by atoms with Crippen LogP contribution in [0, 0.1) is 11.8 Å². The standard InChI is InChI=1S/C16H27NO4/c1-11(2)15(20)16(21)14-12(9-10-17-14)7-5-3-4-6-8-13(18)19/h11-12,14,17H,3-10H2,1-2H3,(H,18,19)/t12-,14?/m0/s1. The molecule has 0 aliphatic carbocycles. The Morgan fingerprint density at radius 2 is 1.81 bits per heavy atom. The Balaban J connectivity index is 2.29. The molecule has 0 aromatic carbocycles. The van der Waals surface area contributed by atoms with Gasteiger partial charge in [0.1, 0.15) is 0 Å². The number of ketones is 2. The summed E-state index contributed by atoms with van der Waals surface area (Å²) in [6, 6.07) is -0.307. The molecule has 5 heteroatoms. The monoisotopic (exact) mass is 297 g/mol. The van der Waals surface area contributed by atoms with Crippen LogP contribution in [0.1, 0.15) is 58.8 Å². The highest BCUT2D eigenvalue weighted by Crippen LogP contribution is 2.24. The molecule has 5 nitrogen and oxygen atoms in total. The largest absolute Gasteiger partial charge is 0.481 e. The molecular weight excluding hydrogens is 270 g/mol. The summed E-state index contributed by atoms with van der Waals surface area (Å²) in [6.45, 7) is 4.31. The van der Waals surface area contributed by atoms with E-state index in [0.717, 1.165) is 38.6 Å². The van der Waals surface area contributed by atoms with E-state index in [9.17, 15) is 14.4 Å². The van der Waals surface area contributed by atoms with E-state index in [1.54, 1.807) is 13.8 Å². The molecule has 1 fully saturated rings. The number of nitrogens with one attached hydrogen (secondary N) is 1. The fraction of sp³-hybridized carbons (Fsp3) is 0.812. The number of aliphatic carboxylic acids is 1. The molecule has 0 aromatic heterocycles. The van der Waals surface area contributed by atoms with Gasteiger partial charge in [-0.15, -0.1) is 0 Å². The molecule has 1 aliphatic heterocycles. The van der Waals surface area contributed by atoms with Gasteiger partial charge in [-0.3, -0.25) is 14.4 Å². The Kier molecular flexibility index (Phi) is 7.57. The Hall–Kier alpha value is -1.23. The Labute approximate surface area is 126 Å². The zero-order chi connectivity index (χ0) is 15.8. The molecule has 2 atom stereocenters. The van der Waals surface area contributed by atoms with Crippen molar-refractivity contribution in [1.82, 2.24) is 5.32 Å². The Morgan fingerprint density at radius 3 is 2.43 bits per heavy atom. The molecular formula is C16H27NO4. The van der Waals surface area contributed by atoms with Crippen LogP contribution in [0.25, 0.3) is 0 Å². The summed E-state index contributed by atoms with van der Waals surface area (Å²) in [7, 11) is 0. The van der Waals surface area contributed by atoms with Gasteiger partial charge in [-0.05, 0) is 31.7 Å².